The fourth-order valence-corrected chi connectivity index (χ4v) is 2.71. The van der Waals surface area contributed by atoms with E-state index in [1.807, 2.05) is 41.5 Å². The topological polar surface area (TPSA) is 204 Å². The lowest BCUT2D eigenvalue weighted by atomic mass is 10.2. The summed E-state index contributed by atoms with van der Waals surface area (Å²) < 4.78 is 21.2. The number of hydrogen-bond donors (Lipinski definition) is 4. The van der Waals surface area contributed by atoms with Crippen LogP contribution in [-0.2, 0) is 28.5 Å². The fourth-order valence-electron chi connectivity index (χ4n) is 2.71. The van der Waals surface area contributed by atoms with E-state index in [4.69, 9.17) is 50.2 Å². The number of carbonyl (C=O) groups excluding carboxylic acids is 2. The highest BCUT2D eigenvalue weighted by molar-refractivity contribution is 6.27. The van der Waals surface area contributed by atoms with Gasteiger partial charge >= 0.3 is 24.1 Å². The van der Waals surface area contributed by atoms with Gasteiger partial charge in [-0.05, 0) is 41.5 Å². The molecule has 2 amide bonds. The molecule has 0 aromatic carbocycles. The second-order valence-corrected chi connectivity index (χ2v) is 9.92. The summed E-state index contributed by atoms with van der Waals surface area (Å²) in [4.78, 5) is 44.9. The molecule has 2 heterocycles. The second-order valence-electron chi connectivity index (χ2n) is 9.92. The summed E-state index contributed by atoms with van der Waals surface area (Å²) in [5, 5.41) is 14.8. The highest BCUT2D eigenvalue weighted by Gasteiger charge is 2.28. The standard InChI is InChI=1S/2C10H20N2O3.C2H2O4/c2*1-10(2,3)15-9(13)12-4-5-14-8(6-11)7-12;3-1(4)2(5)6/h2*8H,4-7,11H2,1-3H3;(H,3,4)(H,5,6)/t2*8-;/m11./s1. The van der Waals surface area contributed by atoms with Gasteiger partial charge in [0, 0.05) is 26.2 Å². The van der Waals surface area contributed by atoms with Crippen LogP contribution in [0.2, 0.25) is 0 Å². The number of aliphatic carboxylic acids is 2. The number of ether oxygens (including phenoxy) is 4. The number of carbonyl (C=O) groups is 4. The Morgan fingerprint density at radius 1 is 0.750 bits per heavy atom. The highest BCUT2D eigenvalue weighted by Crippen LogP contribution is 2.13. The normalized spacial score (nSPS) is 20.1. The van der Waals surface area contributed by atoms with Gasteiger partial charge in [-0.1, -0.05) is 0 Å². The van der Waals surface area contributed by atoms with E-state index in [1.54, 1.807) is 9.80 Å². The quantitative estimate of drug-likeness (QED) is 0.362. The Kier molecular flexibility index (Phi) is 14.3. The van der Waals surface area contributed by atoms with E-state index < -0.39 is 23.1 Å². The maximum atomic E-state index is 11.7. The van der Waals surface area contributed by atoms with Gasteiger partial charge < -0.3 is 50.4 Å². The molecule has 14 heteroatoms. The molecule has 2 aliphatic heterocycles. The Bertz CT molecular complexity index is 661. The third-order valence-corrected chi connectivity index (χ3v) is 4.29. The van der Waals surface area contributed by atoms with Gasteiger partial charge in [0.15, 0.2) is 0 Å². The molecule has 0 aromatic heterocycles. The zero-order valence-electron chi connectivity index (χ0n) is 22.0. The molecule has 2 atom stereocenters. The van der Waals surface area contributed by atoms with Crippen molar-refractivity contribution in [1.82, 2.24) is 9.80 Å². The average Bonchev–Trinajstić information content (AvgIpc) is 2.77. The predicted molar refractivity (Wildman–Crippen MR) is 128 cm³/mol. The number of nitrogens with two attached hydrogens (primary N) is 2. The molecule has 0 saturated carbocycles. The van der Waals surface area contributed by atoms with Crippen LogP contribution in [0.4, 0.5) is 9.59 Å². The van der Waals surface area contributed by atoms with E-state index in [0.29, 0.717) is 52.5 Å². The predicted octanol–water partition coefficient (Wildman–Crippen LogP) is 0.318. The Balaban J connectivity index is 0.000000558. The summed E-state index contributed by atoms with van der Waals surface area (Å²) in [5.41, 5.74) is 10.1. The fraction of sp³-hybridized carbons (Fsp3) is 0.818. The van der Waals surface area contributed by atoms with Crippen LogP contribution in [0.1, 0.15) is 41.5 Å². The minimum Gasteiger partial charge on any atom is -0.473 e. The van der Waals surface area contributed by atoms with Crippen LogP contribution in [0.5, 0.6) is 0 Å². The van der Waals surface area contributed by atoms with E-state index in [0.717, 1.165) is 0 Å². The molecule has 210 valence electrons. The molecule has 0 radical (unpaired) electrons. The molecule has 0 spiro atoms. The monoisotopic (exact) mass is 522 g/mol. The van der Waals surface area contributed by atoms with E-state index in [2.05, 4.69) is 0 Å². The summed E-state index contributed by atoms with van der Waals surface area (Å²) in [5.74, 6) is -3.65. The maximum absolute atomic E-state index is 11.7. The van der Waals surface area contributed by atoms with Crippen molar-refractivity contribution in [2.24, 2.45) is 11.5 Å². The van der Waals surface area contributed by atoms with Crippen molar-refractivity contribution in [2.75, 3.05) is 52.5 Å². The number of carboxylic acids is 2. The Morgan fingerprint density at radius 3 is 1.28 bits per heavy atom. The van der Waals surface area contributed by atoms with E-state index in [1.165, 1.54) is 0 Å². The molecule has 0 unspecified atom stereocenters. The molecule has 2 rings (SSSR count). The molecule has 36 heavy (non-hydrogen) atoms. The molecule has 2 fully saturated rings. The Hall–Kier alpha value is -2.68. The zero-order chi connectivity index (χ0) is 28.1. The van der Waals surface area contributed by atoms with Crippen molar-refractivity contribution in [1.29, 1.82) is 0 Å². The summed E-state index contributed by atoms with van der Waals surface area (Å²) in [6, 6.07) is 0. The van der Waals surface area contributed by atoms with E-state index in [9.17, 15) is 9.59 Å². The minimum atomic E-state index is -1.82. The van der Waals surface area contributed by atoms with Gasteiger partial charge in [0.05, 0.1) is 38.5 Å². The zero-order valence-corrected chi connectivity index (χ0v) is 22.0. The molecule has 0 aromatic rings. The third kappa shape index (κ3) is 15.3. The van der Waals surface area contributed by atoms with Crippen LogP contribution in [0.25, 0.3) is 0 Å². The maximum Gasteiger partial charge on any atom is 0.414 e. The van der Waals surface area contributed by atoms with E-state index in [-0.39, 0.29) is 24.4 Å². The van der Waals surface area contributed by atoms with Gasteiger partial charge in [-0.25, -0.2) is 19.2 Å². The molecule has 0 aliphatic carbocycles. The average molecular weight is 523 g/mol. The smallest absolute Gasteiger partial charge is 0.414 e. The van der Waals surface area contributed by atoms with Gasteiger partial charge in [-0.15, -0.1) is 0 Å². The first kappa shape index (κ1) is 33.3. The summed E-state index contributed by atoms with van der Waals surface area (Å²) in [6.45, 7) is 15.2. The SMILES string of the molecule is CC(C)(C)OC(=O)N1CCO[C@H](CN)C1.CC(C)(C)OC(=O)N1CCO[C@H](CN)C1.O=C(O)C(=O)O. The van der Waals surface area contributed by atoms with Crippen LogP contribution in [0.3, 0.4) is 0 Å². The summed E-state index contributed by atoms with van der Waals surface area (Å²) in [6.07, 6.45) is -0.703. The summed E-state index contributed by atoms with van der Waals surface area (Å²) in [7, 11) is 0. The molecule has 2 saturated heterocycles. The molecule has 14 nitrogen and oxygen atoms in total. The first-order chi connectivity index (χ1) is 16.5. The lowest BCUT2D eigenvalue weighted by Crippen LogP contribution is -2.49. The van der Waals surface area contributed by atoms with Gasteiger partial charge in [-0.3, -0.25) is 0 Å². The number of rotatable bonds is 2. The Labute approximate surface area is 211 Å². The van der Waals surface area contributed by atoms with E-state index >= 15 is 0 Å². The van der Waals surface area contributed by atoms with Gasteiger partial charge in [-0.2, -0.15) is 0 Å². The molecule has 2 aliphatic rings. The second kappa shape index (κ2) is 15.4. The Morgan fingerprint density at radius 2 is 1.06 bits per heavy atom. The van der Waals surface area contributed by atoms with Crippen LogP contribution < -0.4 is 11.5 Å². The molecular weight excluding hydrogens is 480 g/mol. The number of morpholine rings is 2. The van der Waals surface area contributed by atoms with Crippen LogP contribution in [-0.4, -0.2) is 120 Å². The van der Waals surface area contributed by atoms with Crippen LogP contribution >= 0.6 is 0 Å². The van der Waals surface area contributed by atoms with Crippen molar-refractivity contribution in [2.45, 2.75) is 65.0 Å². The van der Waals surface area contributed by atoms with Crippen molar-refractivity contribution in [3.8, 4) is 0 Å². The molecular formula is C22H42N4O10. The lowest BCUT2D eigenvalue weighted by Gasteiger charge is -2.33. The summed E-state index contributed by atoms with van der Waals surface area (Å²) >= 11 is 0. The minimum absolute atomic E-state index is 0.0636. The van der Waals surface area contributed by atoms with Crippen molar-refractivity contribution < 1.29 is 48.3 Å². The van der Waals surface area contributed by atoms with Gasteiger partial charge in [0.2, 0.25) is 0 Å². The van der Waals surface area contributed by atoms with Crippen molar-refractivity contribution in [3.63, 3.8) is 0 Å². The number of carboxylic acid groups (broad SMARTS) is 2. The lowest BCUT2D eigenvalue weighted by molar-refractivity contribution is -0.159. The van der Waals surface area contributed by atoms with Crippen molar-refractivity contribution in [3.05, 3.63) is 0 Å². The number of amides is 2. The highest BCUT2D eigenvalue weighted by atomic mass is 16.6. The van der Waals surface area contributed by atoms with Gasteiger partial charge in [0.1, 0.15) is 11.2 Å². The number of nitrogens with zero attached hydrogens (tertiary/aromatic N) is 2. The van der Waals surface area contributed by atoms with Crippen LogP contribution in [0.15, 0.2) is 0 Å². The van der Waals surface area contributed by atoms with Crippen LogP contribution in [0, 0.1) is 0 Å². The molecule has 6 N–H and O–H groups in total. The largest absolute Gasteiger partial charge is 0.473 e. The number of hydrogen-bond acceptors (Lipinski definition) is 10. The van der Waals surface area contributed by atoms with Crippen molar-refractivity contribution >= 4 is 24.1 Å². The van der Waals surface area contributed by atoms with Gasteiger partial charge in [0.25, 0.3) is 0 Å². The molecule has 0 bridgehead atoms. The first-order valence-electron chi connectivity index (χ1n) is 11.5. The first-order valence-corrected chi connectivity index (χ1v) is 11.5. The third-order valence-electron chi connectivity index (χ3n) is 4.29.